The molecule has 0 radical (unpaired) electrons. The van der Waals surface area contributed by atoms with E-state index in [1.807, 2.05) is 12.1 Å². The zero-order valence-electron chi connectivity index (χ0n) is 8.86. The molecule has 1 rings (SSSR count). The molecule has 82 valence electrons. The molecule has 0 spiro atoms. The van der Waals surface area contributed by atoms with Crippen molar-refractivity contribution in [3.05, 3.63) is 35.4 Å². The zero-order chi connectivity index (χ0) is 11.5. The molecule has 0 saturated heterocycles. The van der Waals surface area contributed by atoms with Crippen LogP contribution < -0.4 is 5.90 Å². The fraction of sp³-hybridized carbons (Fsp3) is 0.364. The summed E-state index contributed by atoms with van der Waals surface area (Å²) >= 11 is 0. The summed E-state index contributed by atoms with van der Waals surface area (Å²) in [6.45, 7) is 3.67. The summed E-state index contributed by atoms with van der Waals surface area (Å²) in [5.74, 6) is 4.10. The number of carboxylic acid groups (broad SMARTS) is 1. The van der Waals surface area contributed by atoms with Gasteiger partial charge in [-0.15, -0.1) is 0 Å². The molecule has 4 nitrogen and oxygen atoms in total. The Morgan fingerprint density at radius 2 is 1.93 bits per heavy atom. The second-order valence-corrected chi connectivity index (χ2v) is 3.94. The molecule has 0 atom stereocenters. The minimum atomic E-state index is -0.873. The Kier molecular flexibility index (Phi) is 3.44. The predicted molar refractivity (Wildman–Crippen MR) is 56.1 cm³/mol. The summed E-state index contributed by atoms with van der Waals surface area (Å²) in [4.78, 5) is 15.5. The lowest BCUT2D eigenvalue weighted by atomic mass is 9.84. The standard InChI is InChI=1S/C11H15NO3/c1-11(2,10(13)14)9-5-3-8(4-6-9)7-15-12/h3-6H,7,12H2,1-2H3,(H,13,14). The van der Waals surface area contributed by atoms with Gasteiger partial charge in [-0.05, 0) is 25.0 Å². The number of carboxylic acids is 1. The Labute approximate surface area is 88.6 Å². The van der Waals surface area contributed by atoms with Gasteiger partial charge < -0.3 is 5.11 Å². The van der Waals surface area contributed by atoms with E-state index in [-0.39, 0.29) is 0 Å². The molecule has 0 fully saturated rings. The van der Waals surface area contributed by atoms with Gasteiger partial charge >= 0.3 is 5.97 Å². The van der Waals surface area contributed by atoms with Gasteiger partial charge in [0.15, 0.2) is 0 Å². The monoisotopic (exact) mass is 209 g/mol. The van der Waals surface area contributed by atoms with Crippen molar-refractivity contribution in [1.29, 1.82) is 0 Å². The molecule has 0 aliphatic heterocycles. The quantitative estimate of drug-likeness (QED) is 0.736. The highest BCUT2D eigenvalue weighted by atomic mass is 16.6. The molecule has 1 aromatic rings. The van der Waals surface area contributed by atoms with Crippen LogP contribution in [0.3, 0.4) is 0 Å². The molecule has 3 N–H and O–H groups in total. The normalized spacial score (nSPS) is 11.4. The van der Waals surface area contributed by atoms with Crippen molar-refractivity contribution in [2.24, 2.45) is 5.90 Å². The molecule has 4 heteroatoms. The van der Waals surface area contributed by atoms with Crippen LogP contribution in [-0.4, -0.2) is 11.1 Å². The number of hydrogen-bond acceptors (Lipinski definition) is 3. The first-order valence-electron chi connectivity index (χ1n) is 4.63. The number of benzene rings is 1. The first-order chi connectivity index (χ1) is 6.98. The van der Waals surface area contributed by atoms with E-state index < -0.39 is 11.4 Å². The topological polar surface area (TPSA) is 72.5 Å². The summed E-state index contributed by atoms with van der Waals surface area (Å²) in [6.07, 6.45) is 0. The van der Waals surface area contributed by atoms with Crippen molar-refractivity contribution in [3.63, 3.8) is 0 Å². The molecular formula is C11H15NO3. The van der Waals surface area contributed by atoms with Crippen molar-refractivity contribution < 1.29 is 14.7 Å². The second-order valence-electron chi connectivity index (χ2n) is 3.94. The van der Waals surface area contributed by atoms with Gasteiger partial charge in [-0.1, -0.05) is 24.3 Å². The van der Waals surface area contributed by atoms with Gasteiger partial charge in [-0.25, -0.2) is 5.90 Å². The SMILES string of the molecule is CC(C)(C(=O)O)c1ccc(CON)cc1. The van der Waals surface area contributed by atoms with Crippen LogP contribution in [0.2, 0.25) is 0 Å². The van der Waals surface area contributed by atoms with Crippen molar-refractivity contribution in [3.8, 4) is 0 Å². The molecule has 1 aromatic carbocycles. The minimum Gasteiger partial charge on any atom is -0.481 e. The van der Waals surface area contributed by atoms with E-state index in [1.165, 1.54) is 0 Å². The van der Waals surface area contributed by atoms with Crippen LogP contribution in [-0.2, 0) is 21.7 Å². The number of hydrogen-bond donors (Lipinski definition) is 2. The zero-order valence-corrected chi connectivity index (χ0v) is 8.86. The largest absolute Gasteiger partial charge is 0.481 e. The third kappa shape index (κ3) is 2.55. The smallest absolute Gasteiger partial charge is 0.313 e. The van der Waals surface area contributed by atoms with Crippen molar-refractivity contribution in [2.75, 3.05) is 0 Å². The molecular weight excluding hydrogens is 194 g/mol. The second kappa shape index (κ2) is 4.42. The van der Waals surface area contributed by atoms with Crippen LogP contribution in [0.1, 0.15) is 25.0 Å². The van der Waals surface area contributed by atoms with E-state index in [0.29, 0.717) is 6.61 Å². The Bertz CT molecular complexity index is 343. The fourth-order valence-electron chi connectivity index (χ4n) is 1.24. The van der Waals surface area contributed by atoms with E-state index in [9.17, 15) is 4.79 Å². The predicted octanol–water partition coefficient (Wildman–Crippen LogP) is 1.44. The molecule has 15 heavy (non-hydrogen) atoms. The summed E-state index contributed by atoms with van der Waals surface area (Å²) < 4.78 is 0. The maximum absolute atomic E-state index is 11.0. The van der Waals surface area contributed by atoms with Crippen LogP contribution in [0.25, 0.3) is 0 Å². The molecule has 0 heterocycles. The highest BCUT2D eigenvalue weighted by molar-refractivity contribution is 5.80. The Hall–Kier alpha value is -1.39. The van der Waals surface area contributed by atoms with Gasteiger partial charge in [-0.2, -0.15) is 0 Å². The van der Waals surface area contributed by atoms with Gasteiger partial charge in [0.1, 0.15) is 0 Å². The molecule has 0 aromatic heterocycles. The van der Waals surface area contributed by atoms with Gasteiger partial charge in [0.05, 0.1) is 12.0 Å². The summed E-state index contributed by atoms with van der Waals surface area (Å²) in [6, 6.07) is 7.19. The van der Waals surface area contributed by atoms with Crippen LogP contribution in [0.4, 0.5) is 0 Å². The maximum atomic E-state index is 11.0. The Morgan fingerprint density at radius 3 is 2.33 bits per heavy atom. The lowest BCUT2D eigenvalue weighted by Crippen LogP contribution is -2.28. The lowest BCUT2D eigenvalue weighted by molar-refractivity contribution is -0.142. The summed E-state index contributed by atoms with van der Waals surface area (Å²) in [7, 11) is 0. The first kappa shape index (κ1) is 11.7. The number of carbonyl (C=O) groups is 1. The summed E-state index contributed by atoms with van der Waals surface area (Å²) in [5, 5.41) is 9.02. The van der Waals surface area contributed by atoms with Crippen LogP contribution in [0.15, 0.2) is 24.3 Å². The van der Waals surface area contributed by atoms with E-state index in [1.54, 1.807) is 26.0 Å². The third-order valence-electron chi connectivity index (χ3n) is 2.46. The van der Waals surface area contributed by atoms with E-state index in [0.717, 1.165) is 11.1 Å². The molecule has 0 unspecified atom stereocenters. The summed E-state index contributed by atoms with van der Waals surface area (Å²) in [5.41, 5.74) is 0.806. The highest BCUT2D eigenvalue weighted by Crippen LogP contribution is 2.23. The van der Waals surface area contributed by atoms with Crippen LogP contribution in [0, 0.1) is 0 Å². The van der Waals surface area contributed by atoms with Gasteiger partial charge in [0, 0.05) is 0 Å². The van der Waals surface area contributed by atoms with E-state index in [2.05, 4.69) is 4.84 Å². The van der Waals surface area contributed by atoms with Gasteiger partial charge in [0.2, 0.25) is 0 Å². The lowest BCUT2D eigenvalue weighted by Gasteiger charge is -2.19. The van der Waals surface area contributed by atoms with Crippen molar-refractivity contribution in [1.82, 2.24) is 0 Å². The molecule has 0 bridgehead atoms. The van der Waals surface area contributed by atoms with E-state index >= 15 is 0 Å². The molecule has 0 aliphatic carbocycles. The Morgan fingerprint density at radius 1 is 1.40 bits per heavy atom. The number of rotatable bonds is 4. The van der Waals surface area contributed by atoms with Crippen molar-refractivity contribution in [2.45, 2.75) is 25.9 Å². The average Bonchev–Trinajstić information content (AvgIpc) is 2.19. The van der Waals surface area contributed by atoms with Crippen LogP contribution >= 0.6 is 0 Å². The minimum absolute atomic E-state index is 0.327. The van der Waals surface area contributed by atoms with Crippen LogP contribution in [0.5, 0.6) is 0 Å². The number of nitrogens with two attached hydrogens (primary N) is 1. The third-order valence-corrected chi connectivity index (χ3v) is 2.46. The molecule has 0 aliphatic rings. The average molecular weight is 209 g/mol. The Balaban J connectivity index is 2.93. The first-order valence-corrected chi connectivity index (χ1v) is 4.63. The maximum Gasteiger partial charge on any atom is 0.313 e. The fourth-order valence-corrected chi connectivity index (χ4v) is 1.24. The molecule has 0 saturated carbocycles. The molecule has 0 amide bonds. The van der Waals surface area contributed by atoms with Gasteiger partial charge in [0.25, 0.3) is 0 Å². The highest BCUT2D eigenvalue weighted by Gasteiger charge is 2.28. The number of aliphatic carboxylic acids is 1. The van der Waals surface area contributed by atoms with Crippen molar-refractivity contribution >= 4 is 5.97 Å². The van der Waals surface area contributed by atoms with E-state index in [4.69, 9.17) is 11.0 Å². The van der Waals surface area contributed by atoms with Gasteiger partial charge in [-0.3, -0.25) is 9.63 Å².